The number of nitrogens with zero attached hydrogens (tertiary/aromatic N) is 2. The topological polar surface area (TPSA) is 72.8 Å². The first-order chi connectivity index (χ1) is 10.7. The maximum Gasteiger partial charge on any atom is 0.289 e. The van der Waals surface area contributed by atoms with Crippen LogP contribution < -0.4 is 14.9 Å². The van der Waals surface area contributed by atoms with Gasteiger partial charge in [0.05, 0.1) is 19.9 Å². The minimum absolute atomic E-state index is 0.309. The predicted octanol–water partition coefficient (Wildman–Crippen LogP) is 2.25. The van der Waals surface area contributed by atoms with Gasteiger partial charge in [0.25, 0.3) is 5.91 Å². The van der Waals surface area contributed by atoms with E-state index in [9.17, 15) is 4.79 Å². The lowest BCUT2D eigenvalue weighted by molar-refractivity contribution is 0.0950. The Kier molecular flexibility index (Phi) is 5.48. The fourth-order valence-electron chi connectivity index (χ4n) is 1.76. The van der Waals surface area contributed by atoms with E-state index in [0.29, 0.717) is 23.8 Å². The third-order valence-corrected chi connectivity index (χ3v) is 2.76. The quantitative estimate of drug-likeness (QED) is 0.656. The van der Waals surface area contributed by atoms with Crippen LogP contribution in [0.15, 0.2) is 47.7 Å². The Morgan fingerprint density at radius 1 is 1.32 bits per heavy atom. The molecule has 1 N–H and O–H groups in total. The first kappa shape index (κ1) is 15.5. The molecule has 1 heterocycles. The fraction of sp³-hybridized carbons (Fsp3) is 0.188. The Morgan fingerprint density at radius 2 is 2.18 bits per heavy atom. The van der Waals surface area contributed by atoms with Gasteiger partial charge in [-0.1, -0.05) is 6.07 Å². The molecule has 0 atom stereocenters. The van der Waals surface area contributed by atoms with Gasteiger partial charge in [-0.15, -0.1) is 0 Å². The van der Waals surface area contributed by atoms with Crippen LogP contribution in [0.3, 0.4) is 0 Å². The molecule has 6 heteroatoms. The summed E-state index contributed by atoms with van der Waals surface area (Å²) in [7, 11) is 1.57. The van der Waals surface area contributed by atoms with E-state index in [2.05, 4.69) is 15.5 Å². The number of methoxy groups -OCH3 is 1. The molecule has 0 radical (unpaired) electrons. The van der Waals surface area contributed by atoms with E-state index >= 15 is 0 Å². The fourth-order valence-corrected chi connectivity index (χ4v) is 1.76. The van der Waals surface area contributed by atoms with Crippen molar-refractivity contribution in [2.45, 2.75) is 6.92 Å². The number of hydrazone groups is 1. The van der Waals surface area contributed by atoms with Gasteiger partial charge in [0.15, 0.2) is 11.5 Å². The van der Waals surface area contributed by atoms with Crippen molar-refractivity contribution in [2.75, 3.05) is 13.7 Å². The first-order valence-corrected chi connectivity index (χ1v) is 6.80. The predicted molar refractivity (Wildman–Crippen MR) is 83.5 cm³/mol. The normalized spacial score (nSPS) is 10.5. The summed E-state index contributed by atoms with van der Waals surface area (Å²) in [5, 5.41) is 3.91. The van der Waals surface area contributed by atoms with Crippen molar-refractivity contribution in [3.8, 4) is 11.5 Å². The zero-order valence-corrected chi connectivity index (χ0v) is 12.4. The highest BCUT2D eigenvalue weighted by atomic mass is 16.5. The Labute approximate surface area is 128 Å². The van der Waals surface area contributed by atoms with E-state index in [1.165, 1.54) is 6.21 Å². The number of carbonyl (C=O) groups is 1. The van der Waals surface area contributed by atoms with E-state index in [1.807, 2.05) is 13.0 Å². The molecule has 1 aromatic heterocycles. The van der Waals surface area contributed by atoms with Crippen LogP contribution >= 0.6 is 0 Å². The van der Waals surface area contributed by atoms with Crippen molar-refractivity contribution < 1.29 is 14.3 Å². The molecule has 6 nitrogen and oxygen atoms in total. The second kappa shape index (κ2) is 7.78. The summed E-state index contributed by atoms with van der Waals surface area (Å²) >= 11 is 0. The molecular weight excluding hydrogens is 282 g/mol. The summed E-state index contributed by atoms with van der Waals surface area (Å²) in [5.74, 6) is 0.913. The second-order valence-corrected chi connectivity index (χ2v) is 4.26. The monoisotopic (exact) mass is 299 g/mol. The van der Waals surface area contributed by atoms with Gasteiger partial charge >= 0.3 is 0 Å². The number of rotatable bonds is 6. The van der Waals surface area contributed by atoms with Crippen LogP contribution in [0.4, 0.5) is 0 Å². The molecule has 0 unspecified atom stereocenters. The molecule has 0 fully saturated rings. The highest BCUT2D eigenvalue weighted by Gasteiger charge is 2.05. The van der Waals surface area contributed by atoms with E-state index in [-0.39, 0.29) is 5.91 Å². The van der Waals surface area contributed by atoms with Gasteiger partial charge in [-0.25, -0.2) is 5.43 Å². The van der Waals surface area contributed by atoms with Crippen LogP contribution in [0, 0.1) is 0 Å². The summed E-state index contributed by atoms with van der Waals surface area (Å²) in [6, 6.07) is 10.5. The number of hydrogen-bond donors (Lipinski definition) is 1. The van der Waals surface area contributed by atoms with E-state index in [1.54, 1.807) is 43.6 Å². The standard InChI is InChI=1S/C16H17N3O3/c1-3-22-14-8-7-12(10-15(14)21-2)11-18-19-16(20)13-6-4-5-9-17-13/h4-11H,3H2,1-2H3,(H,19,20)/b18-11+. The summed E-state index contributed by atoms with van der Waals surface area (Å²) in [6.07, 6.45) is 3.08. The number of benzene rings is 1. The average Bonchev–Trinajstić information content (AvgIpc) is 2.57. The molecule has 1 aromatic carbocycles. The van der Waals surface area contributed by atoms with Gasteiger partial charge in [-0.05, 0) is 42.8 Å². The molecule has 0 spiro atoms. The van der Waals surface area contributed by atoms with Gasteiger partial charge < -0.3 is 9.47 Å². The van der Waals surface area contributed by atoms with Crippen LogP contribution in [-0.4, -0.2) is 30.8 Å². The first-order valence-electron chi connectivity index (χ1n) is 6.80. The summed E-state index contributed by atoms with van der Waals surface area (Å²) in [5.41, 5.74) is 3.51. The number of nitrogens with one attached hydrogen (secondary N) is 1. The van der Waals surface area contributed by atoms with E-state index in [4.69, 9.17) is 9.47 Å². The van der Waals surface area contributed by atoms with Gasteiger partial charge in [0, 0.05) is 6.20 Å². The highest BCUT2D eigenvalue weighted by Crippen LogP contribution is 2.27. The lowest BCUT2D eigenvalue weighted by Crippen LogP contribution is -2.18. The van der Waals surface area contributed by atoms with Gasteiger partial charge in [0.2, 0.25) is 0 Å². The van der Waals surface area contributed by atoms with Gasteiger partial charge in [-0.2, -0.15) is 5.10 Å². The largest absolute Gasteiger partial charge is 0.493 e. The molecule has 1 amide bonds. The summed E-state index contributed by atoms with van der Waals surface area (Å²) < 4.78 is 10.7. The molecule has 2 rings (SSSR count). The molecule has 0 saturated carbocycles. The van der Waals surface area contributed by atoms with Crippen LogP contribution in [0.5, 0.6) is 11.5 Å². The SMILES string of the molecule is CCOc1ccc(/C=N/NC(=O)c2ccccn2)cc1OC. The summed E-state index contributed by atoms with van der Waals surface area (Å²) in [4.78, 5) is 15.7. The number of hydrogen-bond acceptors (Lipinski definition) is 5. The zero-order valence-electron chi connectivity index (χ0n) is 12.4. The molecule has 0 aliphatic carbocycles. The molecule has 0 aliphatic heterocycles. The number of carbonyl (C=O) groups excluding carboxylic acids is 1. The van der Waals surface area contributed by atoms with Gasteiger partial charge in [0.1, 0.15) is 5.69 Å². The lowest BCUT2D eigenvalue weighted by atomic mass is 10.2. The molecule has 114 valence electrons. The lowest BCUT2D eigenvalue weighted by Gasteiger charge is -2.09. The molecule has 0 bridgehead atoms. The molecule has 2 aromatic rings. The van der Waals surface area contributed by atoms with E-state index in [0.717, 1.165) is 5.56 Å². The Morgan fingerprint density at radius 3 is 2.86 bits per heavy atom. The van der Waals surface area contributed by atoms with Crippen LogP contribution in [0.25, 0.3) is 0 Å². The minimum atomic E-state index is -0.366. The highest BCUT2D eigenvalue weighted by molar-refractivity contribution is 5.93. The Balaban J connectivity index is 2.02. The van der Waals surface area contributed by atoms with Crippen molar-refractivity contribution in [2.24, 2.45) is 5.10 Å². The molecule has 0 aliphatic rings. The minimum Gasteiger partial charge on any atom is -0.493 e. The molecule has 0 saturated heterocycles. The van der Waals surface area contributed by atoms with E-state index < -0.39 is 0 Å². The smallest absolute Gasteiger partial charge is 0.289 e. The van der Waals surface area contributed by atoms with Crippen molar-refractivity contribution in [3.05, 3.63) is 53.9 Å². The number of amides is 1. The van der Waals surface area contributed by atoms with Crippen LogP contribution in [0.2, 0.25) is 0 Å². The van der Waals surface area contributed by atoms with Crippen molar-refractivity contribution >= 4 is 12.1 Å². The number of pyridine rings is 1. The third kappa shape index (κ3) is 4.05. The molecular formula is C16H17N3O3. The Hall–Kier alpha value is -2.89. The summed E-state index contributed by atoms with van der Waals surface area (Å²) in [6.45, 7) is 2.46. The Bertz CT molecular complexity index is 657. The number of aromatic nitrogens is 1. The third-order valence-electron chi connectivity index (χ3n) is 2.76. The van der Waals surface area contributed by atoms with Crippen LogP contribution in [-0.2, 0) is 0 Å². The van der Waals surface area contributed by atoms with Crippen LogP contribution in [0.1, 0.15) is 23.0 Å². The van der Waals surface area contributed by atoms with Crippen molar-refractivity contribution in [1.29, 1.82) is 0 Å². The maximum atomic E-state index is 11.8. The van der Waals surface area contributed by atoms with Crippen molar-refractivity contribution in [3.63, 3.8) is 0 Å². The second-order valence-electron chi connectivity index (χ2n) is 4.26. The van der Waals surface area contributed by atoms with Gasteiger partial charge in [-0.3, -0.25) is 9.78 Å². The average molecular weight is 299 g/mol. The zero-order chi connectivity index (χ0) is 15.8. The van der Waals surface area contributed by atoms with Crippen molar-refractivity contribution in [1.82, 2.24) is 10.4 Å². The number of ether oxygens (including phenoxy) is 2. The maximum absolute atomic E-state index is 11.8. The molecule has 22 heavy (non-hydrogen) atoms.